The molecule has 0 heterocycles. The summed E-state index contributed by atoms with van der Waals surface area (Å²) in [6, 6.07) is 0. The van der Waals surface area contributed by atoms with Gasteiger partial charge in [0.1, 0.15) is 0 Å². The van der Waals surface area contributed by atoms with Gasteiger partial charge in [-0.2, -0.15) is 0 Å². The summed E-state index contributed by atoms with van der Waals surface area (Å²) >= 11 is 0. The molecule has 6 heteroatoms. The van der Waals surface area contributed by atoms with E-state index in [-0.39, 0.29) is 64.2 Å². The second-order valence-electron chi connectivity index (χ2n) is 2.66. The monoisotopic (exact) mass is 177 g/mol. The first-order valence-electron chi connectivity index (χ1n) is 2.94. The molecule has 1 fully saturated rings. The van der Waals surface area contributed by atoms with Crippen LogP contribution in [0.3, 0.4) is 0 Å². The summed E-state index contributed by atoms with van der Waals surface area (Å²) in [6.45, 7) is -4.79. The molecule has 0 aromatic carbocycles. The topological polar surface area (TPSA) is 26.0 Å². The van der Waals surface area contributed by atoms with Crippen molar-refractivity contribution in [3.05, 3.63) is 0 Å². The fourth-order valence-electron chi connectivity index (χ4n) is 0.912. The van der Waals surface area contributed by atoms with E-state index in [1.165, 1.54) is 0 Å². The van der Waals surface area contributed by atoms with Gasteiger partial charge in [0.05, 0.1) is 0 Å². The van der Waals surface area contributed by atoms with Crippen LogP contribution >= 0.6 is 0 Å². The minimum Gasteiger partial charge on any atom is -0.448 e. The molecule has 10 heavy (non-hydrogen) atoms. The second-order valence-corrected chi connectivity index (χ2v) is 2.66. The summed E-state index contributed by atoms with van der Waals surface area (Å²) in [5, 5.41) is 0. The largest absolute Gasteiger partial charge is 1.00 e. The molecule has 0 atom stereocenters. The van der Waals surface area contributed by atoms with Crippen molar-refractivity contribution in [1.82, 2.24) is 0 Å². The van der Waals surface area contributed by atoms with Crippen LogP contribution in [0.1, 0.15) is 19.3 Å². The van der Waals surface area contributed by atoms with Gasteiger partial charge in [-0.15, -0.1) is 0 Å². The van der Waals surface area contributed by atoms with E-state index in [2.05, 4.69) is 0 Å². The van der Waals surface area contributed by atoms with E-state index in [1.54, 1.807) is 0 Å². The number of hydrogen-bond donors (Lipinski definition) is 1. The van der Waals surface area contributed by atoms with Gasteiger partial charge in [-0.1, -0.05) is 19.3 Å². The van der Waals surface area contributed by atoms with Crippen LogP contribution in [-0.2, 0) is 0 Å². The Labute approximate surface area is 100 Å². The van der Waals surface area contributed by atoms with Crippen molar-refractivity contribution >= 4 is 6.98 Å². The van der Waals surface area contributed by atoms with Gasteiger partial charge in [0.2, 0.25) is 0 Å². The average Bonchev–Trinajstić information content (AvgIpc) is 1.57. The zero-order valence-electron chi connectivity index (χ0n) is 5.91. The quantitative estimate of drug-likeness (QED) is 0.472. The summed E-state index contributed by atoms with van der Waals surface area (Å²) in [6.07, 6.45) is 0.866. The minimum atomic E-state index is -4.79. The molecule has 0 saturated heterocycles. The van der Waals surface area contributed by atoms with Crippen molar-refractivity contribution in [1.29, 1.82) is 0 Å². The molecule has 2 N–H and O–H groups in total. The summed E-state index contributed by atoms with van der Waals surface area (Å²) in [5.41, 5.74) is 3.20. The molecule has 0 bridgehead atoms. The zero-order chi connectivity index (χ0) is 7.12. The van der Waals surface area contributed by atoms with Crippen molar-refractivity contribution in [2.45, 2.75) is 24.7 Å². The smallest absolute Gasteiger partial charge is 0.448 e. The summed E-state index contributed by atoms with van der Waals surface area (Å²) in [5.74, 6) is 0. The maximum absolute atomic E-state index is 11.8. The molecule has 1 saturated carbocycles. The first kappa shape index (κ1) is 11.5. The summed E-state index contributed by atoms with van der Waals surface area (Å²) < 4.78 is 35.5. The summed E-state index contributed by atoms with van der Waals surface area (Å²) in [7, 11) is 0. The van der Waals surface area contributed by atoms with E-state index in [0.29, 0.717) is 6.42 Å². The fraction of sp³-hybridized carbons (Fsp3) is 1.00. The van der Waals surface area contributed by atoms with Gasteiger partial charge in [0, 0.05) is 0 Å². The van der Waals surface area contributed by atoms with E-state index < -0.39 is 12.4 Å². The minimum absolute atomic E-state index is 0. The van der Waals surface area contributed by atoms with E-state index in [9.17, 15) is 12.9 Å². The van der Waals surface area contributed by atoms with Crippen molar-refractivity contribution in [3.63, 3.8) is 0 Å². The second kappa shape index (κ2) is 3.45. The van der Waals surface area contributed by atoms with Crippen molar-refractivity contribution in [2.24, 2.45) is 5.73 Å². The number of hydrogen-bond acceptors (Lipinski definition) is 1. The maximum Gasteiger partial charge on any atom is 1.00 e. The Bertz CT molecular complexity index is 122. The number of halogens is 3. The molecule has 0 radical (unpaired) electrons. The first-order valence-corrected chi connectivity index (χ1v) is 2.94. The number of nitrogens with two attached hydrogens (primary N) is 1. The fourth-order valence-corrected chi connectivity index (χ4v) is 0.912. The first-order chi connectivity index (χ1) is 3.96. The Balaban J connectivity index is 0.000000810. The van der Waals surface area contributed by atoms with Crippen molar-refractivity contribution < 1.29 is 64.3 Å². The van der Waals surface area contributed by atoms with Crippen LogP contribution < -0.4 is 57.1 Å². The van der Waals surface area contributed by atoms with Gasteiger partial charge in [-0.05, 0) is 5.44 Å². The Morgan fingerprint density at radius 1 is 1.20 bits per heavy atom. The van der Waals surface area contributed by atoms with Crippen LogP contribution in [0.2, 0.25) is 0 Å². The predicted octanol–water partition coefficient (Wildman–Crippen LogP) is -1.74. The van der Waals surface area contributed by atoms with Gasteiger partial charge in [-0.25, -0.2) is 0 Å². The van der Waals surface area contributed by atoms with Crippen LogP contribution in [0.5, 0.6) is 0 Å². The van der Waals surface area contributed by atoms with E-state index in [1.807, 2.05) is 0 Å². The third kappa shape index (κ3) is 1.98. The molecular weight excluding hydrogens is 169 g/mol. The molecule has 54 valence electrons. The van der Waals surface area contributed by atoms with Crippen molar-refractivity contribution in [3.8, 4) is 0 Å². The molecule has 1 rings (SSSR count). The predicted molar refractivity (Wildman–Crippen MR) is 29.8 cm³/mol. The van der Waals surface area contributed by atoms with Crippen molar-refractivity contribution in [2.75, 3.05) is 0 Å². The van der Waals surface area contributed by atoms with Crippen LogP contribution in [0, 0.1) is 0 Å². The Morgan fingerprint density at radius 2 is 1.60 bits per heavy atom. The molecular formula is C4H8BF3KN. The molecule has 0 amide bonds. The van der Waals surface area contributed by atoms with Gasteiger partial charge in [0.15, 0.2) is 0 Å². The van der Waals surface area contributed by atoms with Gasteiger partial charge in [0.25, 0.3) is 0 Å². The molecule has 1 aliphatic rings. The van der Waals surface area contributed by atoms with Gasteiger partial charge >= 0.3 is 58.4 Å². The molecule has 0 aromatic rings. The number of rotatable bonds is 1. The van der Waals surface area contributed by atoms with Crippen LogP contribution in [0.25, 0.3) is 0 Å². The standard InChI is InChI=1S/C4H8BF3N.K/c6-5(7,8)4(9)2-1-3-4;/h1-3,9H2;/q-1;+1. The normalized spacial score (nSPS) is 22.8. The Kier molecular flexibility index (Phi) is 3.95. The molecule has 0 aromatic heterocycles. The van der Waals surface area contributed by atoms with E-state index in [4.69, 9.17) is 5.73 Å². The van der Waals surface area contributed by atoms with Gasteiger partial charge in [-0.3, -0.25) is 0 Å². The molecule has 1 aliphatic carbocycles. The summed E-state index contributed by atoms with van der Waals surface area (Å²) in [4.78, 5) is 0. The average molecular weight is 177 g/mol. The Morgan fingerprint density at radius 3 is 1.60 bits per heavy atom. The van der Waals surface area contributed by atoms with Crippen LogP contribution in [-0.4, -0.2) is 12.4 Å². The third-order valence-corrected chi connectivity index (χ3v) is 1.94. The Hall–Kier alpha value is 1.45. The van der Waals surface area contributed by atoms with E-state index >= 15 is 0 Å². The third-order valence-electron chi connectivity index (χ3n) is 1.94. The van der Waals surface area contributed by atoms with Crippen LogP contribution in [0.15, 0.2) is 0 Å². The van der Waals surface area contributed by atoms with E-state index in [0.717, 1.165) is 0 Å². The molecule has 0 unspecified atom stereocenters. The molecule has 1 nitrogen and oxygen atoms in total. The SMILES string of the molecule is NC1([B-](F)(F)F)CCC1.[K+]. The van der Waals surface area contributed by atoms with Crippen LogP contribution in [0.4, 0.5) is 12.9 Å². The zero-order valence-corrected chi connectivity index (χ0v) is 9.03. The molecule has 0 aliphatic heterocycles. The maximum atomic E-state index is 11.8. The van der Waals surface area contributed by atoms with Gasteiger partial charge < -0.3 is 18.7 Å². The molecule has 0 spiro atoms.